The zero-order chi connectivity index (χ0) is 21.3. The van der Waals surface area contributed by atoms with Crippen molar-refractivity contribution >= 4 is 39.6 Å². The molecule has 0 bridgehead atoms. The number of fused-ring (bicyclic) bond motifs is 10. The maximum absolute atomic E-state index is 12.9. The average molecular weight is 410 g/mol. The summed E-state index contributed by atoms with van der Waals surface area (Å²) in [5, 5.41) is 13.4. The van der Waals surface area contributed by atoms with Crippen LogP contribution >= 0.6 is 0 Å². The van der Waals surface area contributed by atoms with Crippen molar-refractivity contribution in [1.82, 2.24) is 9.88 Å². The molecule has 0 saturated heterocycles. The van der Waals surface area contributed by atoms with Crippen molar-refractivity contribution < 1.29 is 19.5 Å². The van der Waals surface area contributed by atoms with Crippen molar-refractivity contribution in [1.29, 1.82) is 0 Å². The van der Waals surface area contributed by atoms with E-state index in [0.29, 0.717) is 17.5 Å². The van der Waals surface area contributed by atoms with E-state index in [4.69, 9.17) is 0 Å². The highest BCUT2D eigenvalue weighted by Gasteiger charge is 2.37. The van der Waals surface area contributed by atoms with Gasteiger partial charge in [0.25, 0.3) is 11.8 Å². The molecule has 6 heteroatoms. The summed E-state index contributed by atoms with van der Waals surface area (Å²) >= 11 is 0. The fourth-order valence-corrected chi connectivity index (χ4v) is 5.29. The number of aryl methyl sites for hydroxylation is 2. The van der Waals surface area contributed by atoms with Gasteiger partial charge in [0, 0.05) is 28.4 Å². The van der Waals surface area contributed by atoms with Crippen LogP contribution in [0.2, 0.25) is 0 Å². The van der Waals surface area contributed by atoms with E-state index < -0.39 is 5.97 Å². The maximum Gasteiger partial charge on any atom is 0.305 e. The predicted molar refractivity (Wildman–Crippen MR) is 116 cm³/mol. The Labute approximate surface area is 177 Å². The fraction of sp³-hybridized carbons (Fsp3) is 0.160. The van der Waals surface area contributed by atoms with Gasteiger partial charge in [0.1, 0.15) is 0 Å². The zero-order valence-corrected chi connectivity index (χ0v) is 16.6. The van der Waals surface area contributed by atoms with Gasteiger partial charge in [-0.2, -0.15) is 0 Å². The summed E-state index contributed by atoms with van der Waals surface area (Å²) in [5.41, 5.74) is 6.66. The van der Waals surface area contributed by atoms with Gasteiger partial charge >= 0.3 is 5.97 Å². The van der Waals surface area contributed by atoms with Gasteiger partial charge in [-0.25, -0.2) is 0 Å². The van der Waals surface area contributed by atoms with Gasteiger partial charge in [-0.1, -0.05) is 42.5 Å². The number of carbonyl (C=O) groups is 3. The normalized spacial score (nSPS) is 14.5. The summed E-state index contributed by atoms with van der Waals surface area (Å²) in [7, 11) is 0. The van der Waals surface area contributed by atoms with Gasteiger partial charge in [-0.3, -0.25) is 19.7 Å². The van der Waals surface area contributed by atoms with E-state index in [1.54, 1.807) is 0 Å². The molecule has 2 amide bonds. The Morgan fingerprint density at radius 3 is 2.52 bits per heavy atom. The molecular formula is C25H18N2O4. The molecule has 3 aromatic carbocycles. The molecule has 1 aliphatic heterocycles. The van der Waals surface area contributed by atoms with Crippen LogP contribution in [0.1, 0.15) is 38.3 Å². The lowest BCUT2D eigenvalue weighted by Gasteiger charge is -2.24. The number of rotatable bonds is 3. The largest absolute Gasteiger partial charge is 0.481 e. The van der Waals surface area contributed by atoms with Gasteiger partial charge in [-0.05, 0) is 35.6 Å². The van der Waals surface area contributed by atoms with Gasteiger partial charge in [0.05, 0.1) is 23.1 Å². The standard InChI is InChI=1S/C25H18N2O4/c28-18(29)11-12-27-17-8-4-3-7-15(17)20-22-21(24(30)26-25(22)31)16-10-9-13-5-1-2-6-14(13)19(16)23(20)27/h1-8H,9-12H2,(H,28,29)(H,26,30,31). The van der Waals surface area contributed by atoms with Crippen LogP contribution in [0.3, 0.4) is 0 Å². The molecule has 2 heterocycles. The zero-order valence-electron chi connectivity index (χ0n) is 16.6. The molecule has 1 aliphatic carbocycles. The lowest BCUT2D eigenvalue weighted by molar-refractivity contribution is -0.137. The van der Waals surface area contributed by atoms with Crippen LogP contribution in [0.5, 0.6) is 0 Å². The van der Waals surface area contributed by atoms with Crippen LogP contribution in [-0.4, -0.2) is 27.5 Å². The van der Waals surface area contributed by atoms with Crippen molar-refractivity contribution in [2.24, 2.45) is 0 Å². The molecule has 0 saturated carbocycles. The minimum Gasteiger partial charge on any atom is -0.481 e. The minimum absolute atomic E-state index is 0.0353. The van der Waals surface area contributed by atoms with Gasteiger partial charge in [-0.15, -0.1) is 0 Å². The quantitative estimate of drug-likeness (QED) is 0.501. The van der Waals surface area contributed by atoms with Crippen LogP contribution < -0.4 is 5.32 Å². The Morgan fingerprint density at radius 1 is 0.935 bits per heavy atom. The van der Waals surface area contributed by atoms with Crippen LogP contribution in [-0.2, 0) is 24.2 Å². The highest BCUT2D eigenvalue weighted by molar-refractivity contribution is 6.33. The average Bonchev–Trinajstić information content (AvgIpc) is 3.25. The van der Waals surface area contributed by atoms with E-state index in [0.717, 1.165) is 44.9 Å². The number of aromatic nitrogens is 1. The maximum atomic E-state index is 12.9. The third kappa shape index (κ3) is 2.36. The second-order valence-electron chi connectivity index (χ2n) is 8.08. The van der Waals surface area contributed by atoms with Crippen molar-refractivity contribution in [3.63, 3.8) is 0 Å². The molecule has 0 atom stereocenters. The predicted octanol–water partition coefficient (Wildman–Crippen LogP) is 3.92. The molecule has 0 radical (unpaired) electrons. The number of nitrogens with one attached hydrogen (secondary N) is 1. The molecule has 0 spiro atoms. The van der Waals surface area contributed by atoms with E-state index in [1.165, 1.54) is 5.56 Å². The van der Waals surface area contributed by atoms with Crippen LogP contribution in [0, 0.1) is 0 Å². The number of nitrogens with zero attached hydrogens (tertiary/aromatic N) is 1. The van der Waals surface area contributed by atoms with Crippen molar-refractivity contribution in [3.8, 4) is 11.1 Å². The van der Waals surface area contributed by atoms with Crippen LogP contribution in [0.25, 0.3) is 32.9 Å². The summed E-state index contributed by atoms with van der Waals surface area (Å²) in [6.45, 7) is 0.280. The third-order valence-electron chi connectivity index (χ3n) is 6.47. The topological polar surface area (TPSA) is 88.4 Å². The summed E-state index contributed by atoms with van der Waals surface area (Å²) in [5.74, 6) is -1.61. The molecule has 2 aliphatic rings. The molecule has 152 valence electrons. The Hall–Kier alpha value is -3.93. The lowest BCUT2D eigenvalue weighted by Crippen LogP contribution is -2.20. The Morgan fingerprint density at radius 2 is 1.68 bits per heavy atom. The van der Waals surface area contributed by atoms with E-state index >= 15 is 0 Å². The highest BCUT2D eigenvalue weighted by Crippen LogP contribution is 2.47. The first kappa shape index (κ1) is 17.9. The van der Waals surface area contributed by atoms with Crippen molar-refractivity contribution in [2.75, 3.05) is 0 Å². The Bertz CT molecular complexity index is 1480. The molecular weight excluding hydrogens is 392 g/mol. The number of hydrogen-bond acceptors (Lipinski definition) is 3. The summed E-state index contributed by atoms with van der Waals surface area (Å²) in [6.07, 6.45) is 1.41. The number of amides is 2. The summed E-state index contributed by atoms with van der Waals surface area (Å²) in [6, 6.07) is 15.8. The molecule has 1 aromatic heterocycles. The Kier molecular flexibility index (Phi) is 3.63. The summed E-state index contributed by atoms with van der Waals surface area (Å²) < 4.78 is 2.01. The molecule has 6 nitrogen and oxygen atoms in total. The number of benzene rings is 3. The number of hydrogen-bond donors (Lipinski definition) is 2. The molecule has 6 rings (SSSR count). The van der Waals surface area contributed by atoms with Crippen LogP contribution in [0.4, 0.5) is 0 Å². The van der Waals surface area contributed by atoms with Crippen molar-refractivity contribution in [3.05, 3.63) is 70.8 Å². The van der Waals surface area contributed by atoms with E-state index in [1.807, 2.05) is 47.0 Å². The number of para-hydroxylation sites is 1. The first-order chi connectivity index (χ1) is 15.1. The first-order valence-electron chi connectivity index (χ1n) is 10.3. The molecule has 31 heavy (non-hydrogen) atoms. The monoisotopic (exact) mass is 410 g/mol. The Balaban J connectivity index is 1.86. The molecule has 0 fully saturated rings. The molecule has 2 N–H and O–H groups in total. The number of aliphatic carboxylic acids is 1. The number of carbonyl (C=O) groups excluding carboxylic acids is 2. The summed E-state index contributed by atoms with van der Waals surface area (Å²) in [4.78, 5) is 37.2. The second kappa shape index (κ2) is 6.28. The SMILES string of the molecule is O=C(O)CCn1c2ccccc2c2c3c(c4c(c21)-c1ccccc1CC4)C(=O)NC3=O. The number of imide groups is 1. The van der Waals surface area contributed by atoms with Crippen LogP contribution in [0.15, 0.2) is 48.5 Å². The van der Waals surface area contributed by atoms with Gasteiger partial charge < -0.3 is 9.67 Å². The highest BCUT2D eigenvalue weighted by atomic mass is 16.4. The van der Waals surface area contributed by atoms with E-state index in [9.17, 15) is 19.5 Å². The molecule has 0 unspecified atom stereocenters. The van der Waals surface area contributed by atoms with E-state index in [-0.39, 0.29) is 24.8 Å². The number of carboxylic acids is 1. The number of carboxylic acid groups (broad SMARTS) is 1. The minimum atomic E-state index is -0.880. The van der Waals surface area contributed by atoms with Gasteiger partial charge in [0.2, 0.25) is 0 Å². The molecule has 4 aromatic rings. The lowest BCUT2D eigenvalue weighted by atomic mass is 9.80. The first-order valence-corrected chi connectivity index (χ1v) is 10.3. The fourth-order valence-electron chi connectivity index (χ4n) is 5.29. The second-order valence-corrected chi connectivity index (χ2v) is 8.08. The smallest absolute Gasteiger partial charge is 0.305 e. The van der Waals surface area contributed by atoms with E-state index in [2.05, 4.69) is 11.4 Å². The van der Waals surface area contributed by atoms with Crippen molar-refractivity contribution in [2.45, 2.75) is 25.8 Å². The third-order valence-corrected chi connectivity index (χ3v) is 6.47. The van der Waals surface area contributed by atoms with Gasteiger partial charge in [0.15, 0.2) is 0 Å².